The van der Waals surface area contributed by atoms with Crippen LogP contribution in [0.25, 0.3) is 16.9 Å². The second-order valence-corrected chi connectivity index (χ2v) is 8.10. The molecular formula is C26H24FN5O. The number of rotatable bonds is 5. The number of carbonyl (C=O) groups is 1. The summed E-state index contributed by atoms with van der Waals surface area (Å²) in [5.74, 6) is -0.389. The summed E-state index contributed by atoms with van der Waals surface area (Å²) in [5, 5.41) is 4.86. The number of piperazine rings is 1. The minimum Gasteiger partial charge on any atom is -0.336 e. The van der Waals surface area contributed by atoms with Crippen molar-refractivity contribution in [3.8, 4) is 16.9 Å². The molecule has 3 heterocycles. The van der Waals surface area contributed by atoms with Gasteiger partial charge in [-0.1, -0.05) is 18.2 Å². The number of hydrogen-bond donors (Lipinski definition) is 0. The van der Waals surface area contributed by atoms with Gasteiger partial charge >= 0.3 is 0 Å². The topological polar surface area (TPSA) is 54.3 Å². The number of carbonyl (C=O) groups excluding carboxylic acids is 1. The number of nitrogens with zero attached hydrogens (tertiary/aromatic N) is 5. The lowest BCUT2D eigenvalue weighted by Gasteiger charge is -2.34. The van der Waals surface area contributed by atoms with E-state index in [9.17, 15) is 9.18 Å². The lowest BCUT2D eigenvalue weighted by atomic mass is 10.1. The molecule has 0 spiro atoms. The maximum absolute atomic E-state index is 13.2. The Morgan fingerprint density at radius 3 is 2.36 bits per heavy atom. The fourth-order valence-electron chi connectivity index (χ4n) is 4.11. The standard InChI is InChI=1S/C26H24FN5O/c27-23-10-8-20(9-11-23)26(33)31-15-13-30(14-16-31)18-22-19-32(24-6-2-1-3-7-24)29-25(22)21-5-4-12-28-17-21/h1-12,17,19H,13-16,18H2. The summed E-state index contributed by atoms with van der Waals surface area (Å²) in [6.07, 6.45) is 5.67. The van der Waals surface area contributed by atoms with Crippen molar-refractivity contribution in [2.75, 3.05) is 26.2 Å². The highest BCUT2D eigenvalue weighted by Crippen LogP contribution is 2.25. The zero-order valence-corrected chi connectivity index (χ0v) is 18.1. The molecule has 4 aromatic rings. The van der Waals surface area contributed by atoms with Crippen molar-refractivity contribution in [2.45, 2.75) is 6.54 Å². The number of para-hydroxylation sites is 1. The fourth-order valence-corrected chi connectivity index (χ4v) is 4.11. The van der Waals surface area contributed by atoms with Crippen LogP contribution in [-0.2, 0) is 6.54 Å². The average molecular weight is 442 g/mol. The SMILES string of the molecule is O=C(c1ccc(F)cc1)N1CCN(Cc2cn(-c3ccccc3)nc2-c2cccnc2)CC1. The number of hydrogen-bond acceptors (Lipinski definition) is 4. The van der Waals surface area contributed by atoms with E-state index in [-0.39, 0.29) is 11.7 Å². The molecule has 1 saturated heterocycles. The molecular weight excluding hydrogens is 417 g/mol. The Labute approximate surface area is 191 Å². The van der Waals surface area contributed by atoms with Crippen molar-refractivity contribution < 1.29 is 9.18 Å². The molecule has 2 aromatic heterocycles. The molecule has 0 atom stereocenters. The van der Waals surface area contributed by atoms with Crippen molar-refractivity contribution in [3.05, 3.63) is 102 Å². The Bertz CT molecular complexity index is 1220. The molecule has 0 saturated carbocycles. The summed E-state index contributed by atoms with van der Waals surface area (Å²) >= 11 is 0. The molecule has 1 amide bonds. The molecule has 0 radical (unpaired) electrons. The molecule has 0 bridgehead atoms. The van der Waals surface area contributed by atoms with Crippen LogP contribution in [0.15, 0.2) is 85.3 Å². The maximum Gasteiger partial charge on any atom is 0.253 e. The van der Waals surface area contributed by atoms with Crippen LogP contribution in [0.5, 0.6) is 0 Å². The molecule has 1 aliphatic rings. The fraction of sp³-hybridized carbons (Fsp3) is 0.192. The Balaban J connectivity index is 1.32. The van der Waals surface area contributed by atoms with Crippen LogP contribution in [0.2, 0.25) is 0 Å². The third-order valence-electron chi connectivity index (χ3n) is 5.89. The van der Waals surface area contributed by atoms with Crippen LogP contribution in [0.3, 0.4) is 0 Å². The van der Waals surface area contributed by atoms with E-state index in [1.54, 1.807) is 18.3 Å². The molecule has 1 aliphatic heterocycles. The summed E-state index contributed by atoms with van der Waals surface area (Å²) in [4.78, 5) is 21.2. The van der Waals surface area contributed by atoms with E-state index in [0.717, 1.165) is 42.1 Å². The Morgan fingerprint density at radius 2 is 1.67 bits per heavy atom. The monoisotopic (exact) mass is 441 g/mol. The number of halogens is 1. The van der Waals surface area contributed by atoms with Gasteiger partial charge in [0.25, 0.3) is 5.91 Å². The van der Waals surface area contributed by atoms with E-state index in [1.165, 1.54) is 12.1 Å². The molecule has 1 fully saturated rings. The van der Waals surface area contributed by atoms with Crippen LogP contribution in [0.1, 0.15) is 15.9 Å². The van der Waals surface area contributed by atoms with Gasteiger partial charge in [0.2, 0.25) is 0 Å². The van der Waals surface area contributed by atoms with Gasteiger partial charge in [-0.05, 0) is 48.5 Å². The van der Waals surface area contributed by atoms with E-state index in [0.29, 0.717) is 18.7 Å². The second kappa shape index (κ2) is 9.34. The van der Waals surface area contributed by atoms with E-state index in [2.05, 4.69) is 16.1 Å². The van der Waals surface area contributed by atoms with Gasteiger partial charge in [-0.25, -0.2) is 9.07 Å². The summed E-state index contributed by atoms with van der Waals surface area (Å²) in [7, 11) is 0. The highest BCUT2D eigenvalue weighted by atomic mass is 19.1. The molecule has 0 aliphatic carbocycles. The first-order valence-corrected chi connectivity index (χ1v) is 11.0. The minimum atomic E-state index is -0.336. The van der Waals surface area contributed by atoms with Gasteiger partial charge in [0, 0.05) is 68.0 Å². The highest BCUT2D eigenvalue weighted by molar-refractivity contribution is 5.94. The lowest BCUT2D eigenvalue weighted by Crippen LogP contribution is -2.48. The normalized spacial score (nSPS) is 14.4. The Kier molecular flexibility index (Phi) is 5.95. The lowest BCUT2D eigenvalue weighted by molar-refractivity contribution is 0.0628. The van der Waals surface area contributed by atoms with Crippen LogP contribution in [0, 0.1) is 5.82 Å². The van der Waals surface area contributed by atoms with Crippen LogP contribution in [-0.4, -0.2) is 56.7 Å². The molecule has 7 heteroatoms. The van der Waals surface area contributed by atoms with Gasteiger partial charge in [-0.2, -0.15) is 5.10 Å². The third kappa shape index (κ3) is 4.68. The number of benzene rings is 2. The molecule has 2 aromatic carbocycles. The van der Waals surface area contributed by atoms with E-state index in [4.69, 9.17) is 5.10 Å². The minimum absolute atomic E-state index is 0.0532. The van der Waals surface area contributed by atoms with Crippen molar-refractivity contribution in [1.82, 2.24) is 24.6 Å². The number of amides is 1. The maximum atomic E-state index is 13.2. The number of aromatic nitrogens is 3. The smallest absolute Gasteiger partial charge is 0.253 e. The van der Waals surface area contributed by atoms with Crippen molar-refractivity contribution in [2.24, 2.45) is 0 Å². The highest BCUT2D eigenvalue weighted by Gasteiger charge is 2.24. The predicted molar refractivity (Wildman–Crippen MR) is 124 cm³/mol. The average Bonchev–Trinajstić information content (AvgIpc) is 3.29. The zero-order valence-electron chi connectivity index (χ0n) is 18.1. The zero-order chi connectivity index (χ0) is 22.6. The van der Waals surface area contributed by atoms with Crippen molar-refractivity contribution in [1.29, 1.82) is 0 Å². The van der Waals surface area contributed by atoms with E-state index in [1.807, 2.05) is 58.2 Å². The van der Waals surface area contributed by atoms with Crippen LogP contribution < -0.4 is 0 Å². The molecule has 33 heavy (non-hydrogen) atoms. The van der Waals surface area contributed by atoms with Gasteiger partial charge in [0.15, 0.2) is 0 Å². The number of pyridine rings is 1. The second-order valence-electron chi connectivity index (χ2n) is 8.10. The van der Waals surface area contributed by atoms with Gasteiger partial charge in [0.05, 0.1) is 11.4 Å². The summed E-state index contributed by atoms with van der Waals surface area (Å²) in [6, 6.07) is 19.7. The Hall–Kier alpha value is -3.84. The van der Waals surface area contributed by atoms with Gasteiger partial charge in [-0.15, -0.1) is 0 Å². The van der Waals surface area contributed by atoms with Crippen molar-refractivity contribution in [3.63, 3.8) is 0 Å². The van der Waals surface area contributed by atoms with Gasteiger partial charge in [0.1, 0.15) is 5.82 Å². The van der Waals surface area contributed by atoms with Crippen molar-refractivity contribution >= 4 is 5.91 Å². The molecule has 166 valence electrons. The first kappa shape index (κ1) is 21.0. The quantitative estimate of drug-likeness (QED) is 0.469. The Morgan fingerprint density at radius 1 is 0.909 bits per heavy atom. The predicted octanol–water partition coefficient (Wildman–Crippen LogP) is 4.03. The molecule has 6 nitrogen and oxygen atoms in total. The van der Waals surface area contributed by atoms with Gasteiger partial charge < -0.3 is 4.90 Å². The van der Waals surface area contributed by atoms with Crippen LogP contribution in [0.4, 0.5) is 4.39 Å². The molecule has 5 rings (SSSR count). The largest absolute Gasteiger partial charge is 0.336 e. The van der Waals surface area contributed by atoms with E-state index >= 15 is 0 Å². The summed E-state index contributed by atoms with van der Waals surface area (Å²) in [6.45, 7) is 3.51. The van der Waals surface area contributed by atoms with Crippen LogP contribution >= 0.6 is 0 Å². The first-order chi connectivity index (χ1) is 16.2. The molecule has 0 unspecified atom stereocenters. The summed E-state index contributed by atoms with van der Waals surface area (Å²) < 4.78 is 15.1. The van der Waals surface area contributed by atoms with E-state index < -0.39 is 0 Å². The summed E-state index contributed by atoms with van der Waals surface area (Å²) in [5.41, 5.74) is 4.53. The first-order valence-electron chi connectivity index (χ1n) is 11.0. The molecule has 0 N–H and O–H groups in total. The van der Waals surface area contributed by atoms with Gasteiger partial charge in [-0.3, -0.25) is 14.7 Å². The third-order valence-corrected chi connectivity index (χ3v) is 5.89.